The van der Waals surface area contributed by atoms with Gasteiger partial charge >= 0.3 is 18.3 Å². The Morgan fingerprint density at radius 3 is 2.40 bits per heavy atom. The number of nitriles is 1. The van der Waals surface area contributed by atoms with Gasteiger partial charge in [0.1, 0.15) is 11.8 Å². The standard InChI is InChI=1S/C22H15F6N3O4/c1-11-8-12(3-7-17(32)33)2-5-15(11)18-30-19(35-31-18)13-4-6-16(14(9-13)10-29)34-20(21(23,24)25)22(26,27)28/h2,4-6,8-9,20H,3,7H2,1H3,(H,32,33). The molecule has 0 unspecified atom stereocenters. The van der Waals surface area contributed by atoms with E-state index in [-0.39, 0.29) is 23.7 Å². The molecule has 0 aliphatic carbocycles. The van der Waals surface area contributed by atoms with Crippen LogP contribution >= 0.6 is 0 Å². The number of carboxylic acids is 1. The maximum Gasteiger partial charge on any atom is 0.434 e. The molecule has 2 aromatic carbocycles. The fourth-order valence-electron chi connectivity index (χ4n) is 3.13. The lowest BCUT2D eigenvalue weighted by Gasteiger charge is -2.24. The summed E-state index contributed by atoms with van der Waals surface area (Å²) in [5, 5.41) is 21.9. The zero-order valence-electron chi connectivity index (χ0n) is 17.7. The zero-order chi connectivity index (χ0) is 26.0. The molecule has 35 heavy (non-hydrogen) atoms. The number of nitrogens with zero attached hydrogens (tertiary/aromatic N) is 3. The molecule has 0 spiro atoms. The van der Waals surface area contributed by atoms with Crippen LogP contribution in [0.15, 0.2) is 40.9 Å². The van der Waals surface area contributed by atoms with E-state index in [0.29, 0.717) is 17.5 Å². The highest BCUT2D eigenvalue weighted by molar-refractivity contribution is 5.68. The lowest BCUT2D eigenvalue weighted by Crippen LogP contribution is -2.46. The van der Waals surface area contributed by atoms with E-state index in [1.807, 2.05) is 0 Å². The minimum atomic E-state index is -5.74. The molecule has 7 nitrogen and oxygen atoms in total. The minimum absolute atomic E-state index is 0.0429. The van der Waals surface area contributed by atoms with Crippen molar-refractivity contribution in [2.24, 2.45) is 0 Å². The number of benzene rings is 2. The van der Waals surface area contributed by atoms with Gasteiger partial charge in [0, 0.05) is 17.5 Å². The summed E-state index contributed by atoms with van der Waals surface area (Å²) in [5.41, 5.74) is 1.52. The van der Waals surface area contributed by atoms with Crippen molar-refractivity contribution in [1.82, 2.24) is 10.1 Å². The Labute approximate surface area is 193 Å². The van der Waals surface area contributed by atoms with E-state index in [1.165, 1.54) is 6.07 Å². The summed E-state index contributed by atoms with van der Waals surface area (Å²) in [4.78, 5) is 14.9. The number of aryl methyl sites for hydroxylation is 2. The fraction of sp³-hybridized carbons (Fsp3) is 0.273. The van der Waals surface area contributed by atoms with Gasteiger partial charge in [-0.15, -0.1) is 0 Å². The molecular weight excluding hydrogens is 484 g/mol. The van der Waals surface area contributed by atoms with Crippen LogP contribution in [0.2, 0.25) is 0 Å². The Hall–Kier alpha value is -4.08. The third kappa shape index (κ3) is 6.08. The largest absolute Gasteiger partial charge is 0.481 e. The number of carbonyl (C=O) groups is 1. The van der Waals surface area contributed by atoms with Gasteiger partial charge < -0.3 is 14.4 Å². The van der Waals surface area contributed by atoms with Crippen molar-refractivity contribution < 1.29 is 45.5 Å². The third-order valence-electron chi connectivity index (χ3n) is 4.77. The molecule has 3 rings (SSSR count). The molecule has 0 atom stereocenters. The fourth-order valence-corrected chi connectivity index (χ4v) is 3.13. The summed E-state index contributed by atoms with van der Waals surface area (Å²) in [6, 6.07) is 9.44. The Bertz CT molecular complexity index is 1260. The molecule has 184 valence electrons. The van der Waals surface area contributed by atoms with Crippen molar-refractivity contribution in [2.45, 2.75) is 38.2 Å². The molecule has 0 amide bonds. The van der Waals surface area contributed by atoms with Crippen LogP contribution in [0.5, 0.6) is 5.75 Å². The van der Waals surface area contributed by atoms with Crippen LogP contribution in [-0.4, -0.2) is 39.7 Å². The SMILES string of the molecule is Cc1cc(CCC(=O)O)ccc1-c1noc(-c2ccc(OC(C(F)(F)F)C(F)(F)F)c(C#N)c2)n1. The highest BCUT2D eigenvalue weighted by Gasteiger charge is 2.59. The van der Waals surface area contributed by atoms with Gasteiger partial charge in [0.25, 0.3) is 12.0 Å². The molecular formula is C22H15F6N3O4. The van der Waals surface area contributed by atoms with Crippen LogP contribution in [-0.2, 0) is 11.2 Å². The molecule has 3 aromatic rings. The quantitative estimate of drug-likeness (QED) is 0.429. The monoisotopic (exact) mass is 499 g/mol. The molecule has 0 saturated heterocycles. The molecule has 1 aromatic heterocycles. The number of ether oxygens (including phenoxy) is 1. The first-order valence-electron chi connectivity index (χ1n) is 9.79. The van der Waals surface area contributed by atoms with Crippen LogP contribution in [0.4, 0.5) is 26.3 Å². The summed E-state index contributed by atoms with van der Waals surface area (Å²) in [7, 11) is 0. The topological polar surface area (TPSA) is 109 Å². The van der Waals surface area contributed by atoms with Gasteiger partial charge in [-0.05, 0) is 42.7 Å². The first-order valence-corrected chi connectivity index (χ1v) is 9.79. The number of halogens is 6. The van der Waals surface area contributed by atoms with Crippen LogP contribution in [0.25, 0.3) is 22.8 Å². The van der Waals surface area contributed by atoms with Crippen LogP contribution in [0, 0.1) is 18.3 Å². The Balaban J connectivity index is 1.87. The van der Waals surface area contributed by atoms with E-state index in [0.717, 1.165) is 23.8 Å². The normalized spacial score (nSPS) is 12.0. The number of aromatic nitrogens is 2. The highest BCUT2D eigenvalue weighted by Crippen LogP contribution is 2.38. The molecule has 0 aliphatic rings. The number of rotatable bonds is 7. The number of hydrogen-bond acceptors (Lipinski definition) is 6. The third-order valence-corrected chi connectivity index (χ3v) is 4.77. The van der Waals surface area contributed by atoms with Gasteiger partial charge in [-0.1, -0.05) is 23.4 Å². The van der Waals surface area contributed by atoms with E-state index < -0.39 is 35.7 Å². The van der Waals surface area contributed by atoms with Gasteiger partial charge in [-0.3, -0.25) is 4.79 Å². The first kappa shape index (κ1) is 25.5. The molecule has 0 bridgehead atoms. The second kappa shape index (κ2) is 9.65. The molecule has 0 saturated carbocycles. The lowest BCUT2D eigenvalue weighted by molar-refractivity contribution is -0.299. The Morgan fingerprint density at radius 1 is 1.14 bits per heavy atom. The molecule has 1 heterocycles. The molecule has 13 heteroatoms. The number of aliphatic carboxylic acids is 1. The average Bonchev–Trinajstić information content (AvgIpc) is 3.24. The van der Waals surface area contributed by atoms with Crippen molar-refractivity contribution in [1.29, 1.82) is 5.26 Å². The maximum atomic E-state index is 12.8. The Kier molecular flexibility index (Phi) is 7.04. The molecule has 0 aliphatic heterocycles. The van der Waals surface area contributed by atoms with Crippen molar-refractivity contribution in [3.05, 3.63) is 53.1 Å². The van der Waals surface area contributed by atoms with Crippen molar-refractivity contribution in [3.8, 4) is 34.7 Å². The summed E-state index contributed by atoms with van der Waals surface area (Å²) < 4.78 is 86.0. The highest BCUT2D eigenvalue weighted by atomic mass is 19.4. The summed E-state index contributed by atoms with van der Waals surface area (Å²) >= 11 is 0. The van der Waals surface area contributed by atoms with E-state index in [9.17, 15) is 36.4 Å². The minimum Gasteiger partial charge on any atom is -0.481 e. The first-order chi connectivity index (χ1) is 16.3. The predicted molar refractivity (Wildman–Crippen MR) is 107 cm³/mol. The van der Waals surface area contributed by atoms with Crippen LogP contribution in [0.3, 0.4) is 0 Å². The van der Waals surface area contributed by atoms with Gasteiger partial charge in [0.05, 0.1) is 5.56 Å². The van der Waals surface area contributed by atoms with Crippen LogP contribution < -0.4 is 4.74 Å². The maximum absolute atomic E-state index is 12.8. The van der Waals surface area contributed by atoms with E-state index in [4.69, 9.17) is 9.63 Å². The number of carboxylic acid groups (broad SMARTS) is 1. The second-order valence-electron chi connectivity index (χ2n) is 7.37. The van der Waals surface area contributed by atoms with Crippen molar-refractivity contribution in [2.75, 3.05) is 0 Å². The van der Waals surface area contributed by atoms with Crippen LogP contribution in [0.1, 0.15) is 23.1 Å². The van der Waals surface area contributed by atoms with Gasteiger partial charge in [0.15, 0.2) is 0 Å². The summed E-state index contributed by atoms with van der Waals surface area (Å²) in [5.74, 6) is -1.85. The van der Waals surface area contributed by atoms with E-state index in [1.54, 1.807) is 25.1 Å². The molecule has 0 radical (unpaired) electrons. The lowest BCUT2D eigenvalue weighted by atomic mass is 10.0. The smallest absolute Gasteiger partial charge is 0.434 e. The Morgan fingerprint density at radius 2 is 1.83 bits per heavy atom. The van der Waals surface area contributed by atoms with Crippen molar-refractivity contribution in [3.63, 3.8) is 0 Å². The van der Waals surface area contributed by atoms with Crippen molar-refractivity contribution >= 4 is 5.97 Å². The molecule has 0 fully saturated rings. The van der Waals surface area contributed by atoms with E-state index in [2.05, 4.69) is 14.9 Å². The second-order valence-corrected chi connectivity index (χ2v) is 7.37. The number of alkyl halides is 6. The number of hydrogen-bond donors (Lipinski definition) is 1. The average molecular weight is 499 g/mol. The van der Waals surface area contributed by atoms with Gasteiger partial charge in [-0.2, -0.15) is 36.6 Å². The molecule has 1 N–H and O–H groups in total. The van der Waals surface area contributed by atoms with Gasteiger partial charge in [-0.25, -0.2) is 0 Å². The van der Waals surface area contributed by atoms with Gasteiger partial charge in [0.2, 0.25) is 5.82 Å². The van der Waals surface area contributed by atoms with E-state index >= 15 is 0 Å². The zero-order valence-corrected chi connectivity index (χ0v) is 17.7. The summed E-state index contributed by atoms with van der Waals surface area (Å²) in [6.45, 7) is 1.74. The summed E-state index contributed by atoms with van der Waals surface area (Å²) in [6.07, 6.45) is -15.3. The predicted octanol–water partition coefficient (Wildman–Crippen LogP) is 5.47.